The van der Waals surface area contributed by atoms with E-state index in [1.54, 1.807) is 48.5 Å². The first-order valence-corrected chi connectivity index (χ1v) is 8.62. The minimum absolute atomic E-state index is 0.0905. The summed E-state index contributed by atoms with van der Waals surface area (Å²) in [5, 5.41) is 14.2. The Kier molecular flexibility index (Phi) is 4.78. The molecular weight excluding hydrogens is 372 g/mol. The number of carbonyl (C=O) groups excluding carboxylic acids is 2. The molecule has 29 heavy (non-hydrogen) atoms. The maximum atomic E-state index is 12.5. The molecule has 2 aromatic carbocycles. The third-order valence-electron chi connectivity index (χ3n) is 4.12. The van der Waals surface area contributed by atoms with Gasteiger partial charge in [0.25, 0.3) is 11.8 Å². The lowest BCUT2D eigenvalue weighted by molar-refractivity contribution is 0.101. The van der Waals surface area contributed by atoms with Gasteiger partial charge in [0.1, 0.15) is 11.4 Å². The van der Waals surface area contributed by atoms with Gasteiger partial charge in [-0.05, 0) is 48.5 Å². The number of nitrogens with zero attached hydrogens (tertiary/aromatic N) is 2. The van der Waals surface area contributed by atoms with Gasteiger partial charge < -0.3 is 20.1 Å². The summed E-state index contributed by atoms with van der Waals surface area (Å²) in [4.78, 5) is 29.1. The van der Waals surface area contributed by atoms with Crippen LogP contribution < -0.4 is 20.1 Å². The van der Waals surface area contributed by atoms with Crippen LogP contribution in [0, 0.1) is 11.3 Å². The van der Waals surface area contributed by atoms with Crippen LogP contribution in [0.25, 0.3) is 0 Å². The van der Waals surface area contributed by atoms with Gasteiger partial charge in [0, 0.05) is 17.4 Å². The summed E-state index contributed by atoms with van der Waals surface area (Å²) in [5.74, 6) is 0.234. The van der Waals surface area contributed by atoms with E-state index in [1.807, 2.05) is 6.07 Å². The standard InChI is InChI=1S/C21H14N4O4/c22-11-13-4-6-14(7-5-13)23-20(26)16-2-1-3-17(25-16)21(27)24-15-8-9-18-19(10-15)29-12-28-18/h1-10H,12H2,(H,23,26)(H,24,27). The number of nitriles is 1. The maximum Gasteiger partial charge on any atom is 0.274 e. The lowest BCUT2D eigenvalue weighted by Gasteiger charge is -2.08. The Morgan fingerprint density at radius 1 is 0.862 bits per heavy atom. The fraction of sp³-hybridized carbons (Fsp3) is 0.0476. The molecule has 142 valence electrons. The largest absolute Gasteiger partial charge is 0.454 e. The number of carbonyl (C=O) groups is 2. The zero-order valence-corrected chi connectivity index (χ0v) is 15.0. The first-order valence-electron chi connectivity index (χ1n) is 8.62. The van der Waals surface area contributed by atoms with Gasteiger partial charge in [-0.1, -0.05) is 6.07 Å². The topological polar surface area (TPSA) is 113 Å². The Bertz CT molecular complexity index is 1140. The Hall–Kier alpha value is -4.38. The van der Waals surface area contributed by atoms with Crippen molar-refractivity contribution in [1.82, 2.24) is 4.98 Å². The van der Waals surface area contributed by atoms with Gasteiger partial charge in [0.2, 0.25) is 6.79 Å². The molecule has 0 saturated carbocycles. The number of pyridine rings is 1. The highest BCUT2D eigenvalue weighted by atomic mass is 16.7. The molecule has 2 amide bonds. The normalized spacial score (nSPS) is 11.4. The minimum atomic E-state index is -0.465. The van der Waals surface area contributed by atoms with E-state index in [0.717, 1.165) is 0 Å². The average Bonchev–Trinajstić information content (AvgIpc) is 3.22. The smallest absolute Gasteiger partial charge is 0.274 e. The second-order valence-corrected chi connectivity index (χ2v) is 6.07. The van der Waals surface area contributed by atoms with E-state index >= 15 is 0 Å². The fourth-order valence-corrected chi connectivity index (χ4v) is 2.68. The van der Waals surface area contributed by atoms with Crippen LogP contribution in [0.2, 0.25) is 0 Å². The van der Waals surface area contributed by atoms with E-state index in [4.69, 9.17) is 14.7 Å². The molecule has 2 N–H and O–H groups in total. The van der Waals surface area contributed by atoms with Crippen molar-refractivity contribution in [2.75, 3.05) is 17.4 Å². The third-order valence-corrected chi connectivity index (χ3v) is 4.12. The second-order valence-electron chi connectivity index (χ2n) is 6.07. The molecule has 0 fully saturated rings. The third kappa shape index (κ3) is 3.99. The van der Waals surface area contributed by atoms with Crippen LogP contribution in [0.1, 0.15) is 26.5 Å². The van der Waals surface area contributed by atoms with Crippen LogP contribution in [-0.2, 0) is 0 Å². The molecule has 3 aromatic rings. The number of hydrogen-bond acceptors (Lipinski definition) is 6. The van der Waals surface area contributed by atoms with Crippen molar-refractivity contribution in [3.8, 4) is 17.6 Å². The summed E-state index contributed by atoms with van der Waals surface area (Å²) in [6.07, 6.45) is 0. The second kappa shape index (κ2) is 7.70. The van der Waals surface area contributed by atoms with Gasteiger partial charge >= 0.3 is 0 Å². The highest BCUT2D eigenvalue weighted by Crippen LogP contribution is 2.34. The number of hydrogen-bond donors (Lipinski definition) is 2. The highest BCUT2D eigenvalue weighted by Gasteiger charge is 2.16. The molecule has 0 atom stereocenters. The van der Waals surface area contributed by atoms with Crippen LogP contribution in [0.3, 0.4) is 0 Å². The lowest BCUT2D eigenvalue weighted by atomic mass is 10.2. The summed E-state index contributed by atoms with van der Waals surface area (Å²) < 4.78 is 10.5. The Balaban J connectivity index is 1.46. The number of benzene rings is 2. The Morgan fingerprint density at radius 3 is 2.17 bits per heavy atom. The number of amides is 2. The van der Waals surface area contributed by atoms with E-state index in [-0.39, 0.29) is 18.2 Å². The molecule has 4 rings (SSSR count). The predicted octanol–water partition coefficient (Wildman–Crippen LogP) is 3.19. The zero-order chi connectivity index (χ0) is 20.2. The minimum Gasteiger partial charge on any atom is -0.454 e. The Labute approximate surface area is 165 Å². The van der Waals surface area contributed by atoms with E-state index in [9.17, 15) is 9.59 Å². The molecule has 8 nitrogen and oxygen atoms in total. The molecule has 0 saturated heterocycles. The van der Waals surface area contributed by atoms with Crippen molar-refractivity contribution in [3.63, 3.8) is 0 Å². The van der Waals surface area contributed by atoms with Crippen LogP contribution >= 0.6 is 0 Å². The van der Waals surface area contributed by atoms with Crippen LogP contribution in [0.4, 0.5) is 11.4 Å². The van der Waals surface area contributed by atoms with Crippen molar-refractivity contribution in [1.29, 1.82) is 5.26 Å². The van der Waals surface area contributed by atoms with Crippen LogP contribution in [0.15, 0.2) is 60.7 Å². The highest BCUT2D eigenvalue weighted by molar-refractivity contribution is 6.06. The average molecular weight is 386 g/mol. The number of ether oxygens (including phenoxy) is 2. The van der Waals surface area contributed by atoms with Crippen LogP contribution in [0.5, 0.6) is 11.5 Å². The molecular formula is C21H14N4O4. The van der Waals surface area contributed by atoms with Crippen molar-refractivity contribution >= 4 is 23.2 Å². The molecule has 1 aliphatic rings. The predicted molar refractivity (Wildman–Crippen MR) is 104 cm³/mol. The molecule has 1 aromatic heterocycles. The molecule has 0 unspecified atom stereocenters. The lowest BCUT2D eigenvalue weighted by Crippen LogP contribution is -2.18. The summed E-state index contributed by atoms with van der Waals surface area (Å²) in [6, 6.07) is 18.1. The van der Waals surface area contributed by atoms with Gasteiger partial charge in [0.15, 0.2) is 11.5 Å². The van der Waals surface area contributed by atoms with Gasteiger partial charge in [-0.3, -0.25) is 9.59 Å². The molecule has 0 bridgehead atoms. The first-order chi connectivity index (χ1) is 14.1. The zero-order valence-electron chi connectivity index (χ0n) is 15.0. The van der Waals surface area contributed by atoms with Crippen molar-refractivity contribution in [2.24, 2.45) is 0 Å². The van der Waals surface area contributed by atoms with Crippen molar-refractivity contribution in [2.45, 2.75) is 0 Å². The number of nitrogens with one attached hydrogen (secondary N) is 2. The van der Waals surface area contributed by atoms with Crippen molar-refractivity contribution in [3.05, 3.63) is 77.6 Å². The van der Waals surface area contributed by atoms with E-state index in [0.29, 0.717) is 28.4 Å². The number of fused-ring (bicyclic) bond motifs is 1. The molecule has 0 spiro atoms. The van der Waals surface area contributed by atoms with Gasteiger partial charge in [-0.25, -0.2) is 4.98 Å². The maximum absolute atomic E-state index is 12.5. The summed E-state index contributed by atoms with van der Waals surface area (Å²) >= 11 is 0. The molecule has 0 aliphatic carbocycles. The molecule has 2 heterocycles. The number of aromatic nitrogens is 1. The summed E-state index contributed by atoms with van der Waals surface area (Å²) in [7, 11) is 0. The quantitative estimate of drug-likeness (QED) is 0.712. The van der Waals surface area contributed by atoms with E-state index < -0.39 is 11.8 Å². The van der Waals surface area contributed by atoms with Gasteiger partial charge in [0.05, 0.1) is 11.6 Å². The monoisotopic (exact) mass is 386 g/mol. The summed E-state index contributed by atoms with van der Waals surface area (Å²) in [5.41, 5.74) is 1.71. The van der Waals surface area contributed by atoms with E-state index in [1.165, 1.54) is 12.1 Å². The number of rotatable bonds is 4. The molecule has 8 heteroatoms. The number of anilines is 2. The van der Waals surface area contributed by atoms with Crippen LogP contribution in [-0.4, -0.2) is 23.6 Å². The fourth-order valence-electron chi connectivity index (χ4n) is 2.68. The van der Waals surface area contributed by atoms with E-state index in [2.05, 4.69) is 15.6 Å². The van der Waals surface area contributed by atoms with Gasteiger partial charge in [-0.2, -0.15) is 5.26 Å². The van der Waals surface area contributed by atoms with Gasteiger partial charge in [-0.15, -0.1) is 0 Å². The SMILES string of the molecule is N#Cc1ccc(NC(=O)c2cccc(C(=O)Nc3ccc4c(c3)OCO4)n2)cc1. The molecule has 1 aliphatic heterocycles. The van der Waals surface area contributed by atoms with Crippen molar-refractivity contribution < 1.29 is 19.1 Å². The first kappa shape index (κ1) is 18.0. The Morgan fingerprint density at radius 2 is 1.48 bits per heavy atom. The molecule has 0 radical (unpaired) electrons. The summed E-state index contributed by atoms with van der Waals surface area (Å²) in [6.45, 7) is 0.144.